The second kappa shape index (κ2) is 7.42. The number of hydrogen-bond donors (Lipinski definition) is 3. The molecule has 2 aromatic carbocycles. The molecule has 0 amide bonds. The van der Waals surface area contributed by atoms with Crippen molar-refractivity contribution in [1.82, 2.24) is 19.7 Å². The van der Waals surface area contributed by atoms with Crippen molar-refractivity contribution < 1.29 is 9.84 Å². The van der Waals surface area contributed by atoms with Crippen LogP contribution in [0.25, 0.3) is 16.6 Å². The summed E-state index contributed by atoms with van der Waals surface area (Å²) in [6.45, 7) is 2.04. The number of ether oxygens (including phenoxy) is 1. The zero-order chi connectivity index (χ0) is 21.4. The van der Waals surface area contributed by atoms with E-state index in [1.807, 2.05) is 30.2 Å². The van der Waals surface area contributed by atoms with Gasteiger partial charge in [0.05, 0.1) is 10.7 Å². The molecule has 0 bridgehead atoms. The van der Waals surface area contributed by atoms with Gasteiger partial charge in [-0.2, -0.15) is 9.94 Å². The smallest absolute Gasteiger partial charge is 0.349 e. The Morgan fingerprint density at radius 2 is 2.10 bits per heavy atom. The van der Waals surface area contributed by atoms with Gasteiger partial charge < -0.3 is 14.8 Å². The summed E-state index contributed by atoms with van der Waals surface area (Å²) in [7, 11) is 0. The maximum Gasteiger partial charge on any atom is 0.349 e. The molecule has 0 atom stereocenters. The number of aromatic amines is 2. The van der Waals surface area contributed by atoms with E-state index in [0.29, 0.717) is 5.75 Å². The molecule has 30 heavy (non-hydrogen) atoms. The highest BCUT2D eigenvalue weighted by molar-refractivity contribution is 6.32. The molecule has 10 heteroatoms. The van der Waals surface area contributed by atoms with Crippen LogP contribution in [-0.4, -0.2) is 24.9 Å². The molecule has 0 aliphatic carbocycles. The van der Waals surface area contributed by atoms with Gasteiger partial charge in [0.1, 0.15) is 11.8 Å². The van der Waals surface area contributed by atoms with Gasteiger partial charge in [-0.3, -0.25) is 9.78 Å². The van der Waals surface area contributed by atoms with E-state index in [1.54, 1.807) is 12.1 Å². The van der Waals surface area contributed by atoms with Gasteiger partial charge in [-0.05, 0) is 36.2 Å². The first-order chi connectivity index (χ1) is 14.4. The molecule has 0 saturated carbocycles. The van der Waals surface area contributed by atoms with Gasteiger partial charge >= 0.3 is 5.69 Å². The van der Waals surface area contributed by atoms with Crippen molar-refractivity contribution in [3.8, 4) is 29.0 Å². The van der Waals surface area contributed by atoms with E-state index in [0.717, 1.165) is 27.6 Å². The molecule has 0 spiro atoms. The highest BCUT2D eigenvalue weighted by Crippen LogP contribution is 2.40. The number of halogens is 1. The van der Waals surface area contributed by atoms with Crippen LogP contribution in [0.5, 0.6) is 17.2 Å². The van der Waals surface area contributed by atoms with Crippen molar-refractivity contribution >= 4 is 22.5 Å². The van der Waals surface area contributed by atoms with E-state index in [2.05, 4.69) is 10.1 Å². The molecule has 0 aliphatic heterocycles. The Morgan fingerprint density at radius 3 is 2.80 bits per heavy atom. The number of phenols is 1. The molecule has 4 aromatic rings. The average Bonchev–Trinajstić information content (AvgIpc) is 3.13. The molecule has 0 aliphatic rings. The summed E-state index contributed by atoms with van der Waals surface area (Å²) >= 11 is 6.28. The van der Waals surface area contributed by atoms with E-state index < -0.39 is 16.9 Å². The van der Waals surface area contributed by atoms with E-state index in [1.165, 1.54) is 12.1 Å². The Bertz CT molecular complexity index is 1420. The van der Waals surface area contributed by atoms with Crippen LogP contribution in [0.2, 0.25) is 5.02 Å². The van der Waals surface area contributed by atoms with Gasteiger partial charge in [0.25, 0.3) is 5.56 Å². The minimum absolute atomic E-state index is 0.00767. The second-order valence-corrected chi connectivity index (χ2v) is 6.79. The minimum atomic E-state index is -0.902. The van der Waals surface area contributed by atoms with Crippen molar-refractivity contribution in [2.24, 2.45) is 0 Å². The van der Waals surface area contributed by atoms with Crippen LogP contribution in [0.3, 0.4) is 0 Å². The lowest BCUT2D eigenvalue weighted by Crippen LogP contribution is -2.33. The van der Waals surface area contributed by atoms with Crippen molar-refractivity contribution in [3.05, 3.63) is 73.6 Å². The van der Waals surface area contributed by atoms with Crippen molar-refractivity contribution in [2.45, 2.75) is 13.3 Å². The normalized spacial score (nSPS) is 10.8. The molecular formula is C20H14ClN5O4. The molecule has 150 valence electrons. The standard InChI is InChI=1S/C20H14ClN5O4/c1-2-10-9-23-15-4-3-12(7-13(10)15)30-18-14(21)5-11(6-17(18)27)26-20(29)24-19(28)16(8-22)25-26/h3-7,9,23,27H,2H2,1H3,(H,24,28,29). The Hall–Kier alpha value is -4.03. The molecule has 0 fully saturated rings. The molecule has 9 nitrogen and oxygen atoms in total. The van der Waals surface area contributed by atoms with Crippen LogP contribution in [-0.2, 0) is 6.42 Å². The van der Waals surface area contributed by atoms with Crippen molar-refractivity contribution in [1.29, 1.82) is 5.26 Å². The molecule has 0 saturated heterocycles. The summed E-state index contributed by atoms with van der Waals surface area (Å²) in [5.74, 6) is 0.111. The highest BCUT2D eigenvalue weighted by atomic mass is 35.5. The first kappa shape index (κ1) is 19.3. The third-order valence-corrected chi connectivity index (χ3v) is 4.81. The number of aromatic hydroxyl groups is 1. The summed E-state index contributed by atoms with van der Waals surface area (Å²) in [5.41, 5.74) is -0.151. The summed E-state index contributed by atoms with van der Waals surface area (Å²) in [5, 5.41) is 24.1. The van der Waals surface area contributed by atoms with Gasteiger partial charge in [0.15, 0.2) is 11.5 Å². The molecular weight excluding hydrogens is 410 g/mol. The number of aromatic nitrogens is 4. The Kier molecular flexibility index (Phi) is 4.77. The van der Waals surface area contributed by atoms with E-state index in [4.69, 9.17) is 21.6 Å². The van der Waals surface area contributed by atoms with Crippen LogP contribution in [0, 0.1) is 11.3 Å². The summed E-state index contributed by atoms with van der Waals surface area (Å²) in [4.78, 5) is 28.7. The highest BCUT2D eigenvalue weighted by Gasteiger charge is 2.16. The number of nitriles is 1. The van der Waals surface area contributed by atoms with Crippen LogP contribution in [0.15, 0.2) is 46.1 Å². The SMILES string of the molecule is CCc1c[nH]c2ccc(Oc3c(O)cc(-n4nc(C#N)c(=O)[nH]c4=O)cc3Cl)cc12. The van der Waals surface area contributed by atoms with Gasteiger partial charge in [-0.15, -0.1) is 5.10 Å². The van der Waals surface area contributed by atoms with Crippen molar-refractivity contribution in [2.75, 3.05) is 0 Å². The zero-order valence-electron chi connectivity index (χ0n) is 15.6. The fraction of sp³-hybridized carbons (Fsp3) is 0.100. The van der Waals surface area contributed by atoms with Crippen LogP contribution in [0.1, 0.15) is 18.2 Å². The number of rotatable bonds is 4. The number of benzene rings is 2. The van der Waals surface area contributed by atoms with E-state index in [-0.39, 0.29) is 22.2 Å². The topological polar surface area (TPSA) is 137 Å². The molecule has 0 radical (unpaired) electrons. The lowest BCUT2D eigenvalue weighted by atomic mass is 10.1. The lowest BCUT2D eigenvalue weighted by molar-refractivity contribution is 0.411. The number of hydrogen-bond acceptors (Lipinski definition) is 6. The first-order valence-corrected chi connectivity index (χ1v) is 9.23. The Balaban J connectivity index is 1.75. The van der Waals surface area contributed by atoms with Gasteiger partial charge in [0.2, 0.25) is 5.69 Å². The van der Waals surface area contributed by atoms with Crippen LogP contribution < -0.4 is 16.0 Å². The molecule has 4 rings (SSSR count). The molecule has 0 unspecified atom stereocenters. The number of nitrogens with zero attached hydrogens (tertiary/aromatic N) is 3. The molecule has 2 aromatic heterocycles. The number of fused-ring (bicyclic) bond motifs is 1. The van der Waals surface area contributed by atoms with Crippen LogP contribution in [0.4, 0.5) is 0 Å². The van der Waals surface area contributed by atoms with Crippen LogP contribution >= 0.6 is 11.6 Å². The fourth-order valence-corrected chi connectivity index (χ4v) is 3.32. The van der Waals surface area contributed by atoms with Gasteiger partial charge in [0, 0.05) is 23.2 Å². The van der Waals surface area contributed by atoms with Gasteiger partial charge in [-0.1, -0.05) is 18.5 Å². The molecule has 2 heterocycles. The average molecular weight is 424 g/mol. The number of phenolic OH excluding ortho intramolecular Hbond substituents is 1. The zero-order valence-corrected chi connectivity index (χ0v) is 16.3. The Morgan fingerprint density at radius 1 is 1.30 bits per heavy atom. The minimum Gasteiger partial charge on any atom is -0.504 e. The van der Waals surface area contributed by atoms with E-state index >= 15 is 0 Å². The second-order valence-electron chi connectivity index (χ2n) is 6.38. The number of H-pyrrole nitrogens is 2. The number of nitrogens with one attached hydrogen (secondary N) is 2. The fourth-order valence-electron chi connectivity index (χ4n) is 3.07. The van der Waals surface area contributed by atoms with Gasteiger partial charge in [-0.25, -0.2) is 4.79 Å². The predicted octanol–water partition coefficient (Wildman–Crippen LogP) is 2.99. The maximum absolute atomic E-state index is 12.0. The van der Waals surface area contributed by atoms with Crippen molar-refractivity contribution in [3.63, 3.8) is 0 Å². The maximum atomic E-state index is 12.0. The molecule has 3 N–H and O–H groups in total. The monoisotopic (exact) mass is 423 g/mol. The summed E-state index contributed by atoms with van der Waals surface area (Å²) in [6, 6.07) is 9.54. The van der Waals surface area contributed by atoms with E-state index in [9.17, 15) is 14.7 Å². The Labute approximate surface area is 173 Å². The predicted molar refractivity (Wildman–Crippen MR) is 110 cm³/mol. The quantitative estimate of drug-likeness (QED) is 0.461. The first-order valence-electron chi connectivity index (χ1n) is 8.85. The lowest BCUT2D eigenvalue weighted by Gasteiger charge is -2.12. The summed E-state index contributed by atoms with van der Waals surface area (Å²) < 4.78 is 6.55. The largest absolute Gasteiger partial charge is 0.504 e. The third kappa shape index (κ3) is 3.29. The third-order valence-electron chi connectivity index (χ3n) is 4.53. The number of aryl methyl sites for hydroxylation is 1. The summed E-state index contributed by atoms with van der Waals surface area (Å²) in [6.07, 6.45) is 2.77.